The van der Waals surface area contributed by atoms with E-state index in [-0.39, 0.29) is 16.4 Å². The van der Waals surface area contributed by atoms with E-state index in [4.69, 9.17) is 5.14 Å². The van der Waals surface area contributed by atoms with Crippen molar-refractivity contribution in [3.63, 3.8) is 0 Å². The maximum Gasteiger partial charge on any atom is 0.238 e. The van der Waals surface area contributed by atoms with Crippen LogP contribution in [0.3, 0.4) is 0 Å². The zero-order chi connectivity index (χ0) is 16.3. The lowest BCUT2D eigenvalue weighted by molar-refractivity contribution is -0.127. The second kappa shape index (κ2) is 6.34. The molecule has 0 spiro atoms. The lowest BCUT2D eigenvalue weighted by Gasteiger charge is -2.24. The number of amides is 1. The lowest BCUT2D eigenvalue weighted by Crippen LogP contribution is -2.34. The zero-order valence-corrected chi connectivity index (χ0v) is 13.1. The summed E-state index contributed by atoms with van der Waals surface area (Å²) in [6, 6.07) is 6.19. The summed E-state index contributed by atoms with van der Waals surface area (Å²) in [5, 5.41) is 14.3. The van der Waals surface area contributed by atoms with Crippen molar-refractivity contribution in [3.05, 3.63) is 23.8 Å². The largest absolute Gasteiger partial charge is 0.372 e. The lowest BCUT2D eigenvalue weighted by atomic mass is 10.2. The molecule has 1 saturated heterocycles. The van der Waals surface area contributed by atoms with E-state index in [1.807, 2.05) is 11.0 Å². The highest BCUT2D eigenvalue weighted by molar-refractivity contribution is 7.89. The van der Waals surface area contributed by atoms with Gasteiger partial charge in [-0.25, -0.2) is 13.6 Å². The molecule has 2 N–H and O–H groups in total. The van der Waals surface area contributed by atoms with Gasteiger partial charge in [0.05, 0.1) is 16.1 Å². The molecule has 0 bridgehead atoms. The normalized spacial score (nSPS) is 15.0. The predicted octanol–water partition coefficient (Wildman–Crippen LogP) is 0.264. The summed E-state index contributed by atoms with van der Waals surface area (Å²) >= 11 is 0. The van der Waals surface area contributed by atoms with Gasteiger partial charge in [-0.1, -0.05) is 0 Å². The number of likely N-dealkylation sites (tertiary alicyclic amines) is 1. The average molecular weight is 322 g/mol. The van der Waals surface area contributed by atoms with Gasteiger partial charge < -0.3 is 9.80 Å². The van der Waals surface area contributed by atoms with E-state index in [0.717, 1.165) is 13.0 Å². The molecule has 0 aromatic heterocycles. The standard InChI is InChI=1S/C14H18N4O3S/c1-17(7-8-18-6-2-3-14(18)19)13-5-4-12(22(16,20)21)9-11(13)10-15/h4-5,9H,2-3,6-8H2,1H3,(H2,16,20,21). The summed E-state index contributed by atoms with van der Waals surface area (Å²) in [4.78, 5) is 15.1. The Labute approximate surface area is 130 Å². The Hall–Kier alpha value is -2.11. The van der Waals surface area contributed by atoms with Crippen LogP contribution in [0.1, 0.15) is 18.4 Å². The molecule has 0 unspecified atom stereocenters. The van der Waals surface area contributed by atoms with Gasteiger partial charge in [0, 0.05) is 33.1 Å². The van der Waals surface area contributed by atoms with Gasteiger partial charge in [-0.3, -0.25) is 4.79 Å². The molecule has 1 aliphatic rings. The van der Waals surface area contributed by atoms with Crippen LogP contribution in [0.5, 0.6) is 0 Å². The molecule has 0 saturated carbocycles. The minimum atomic E-state index is -3.83. The number of hydrogen-bond donors (Lipinski definition) is 1. The van der Waals surface area contributed by atoms with Crippen LogP contribution in [0.25, 0.3) is 0 Å². The summed E-state index contributed by atoms with van der Waals surface area (Å²) in [6.07, 6.45) is 1.48. The van der Waals surface area contributed by atoms with E-state index in [1.165, 1.54) is 12.1 Å². The highest BCUT2D eigenvalue weighted by Gasteiger charge is 2.20. The van der Waals surface area contributed by atoms with Gasteiger partial charge in [0.2, 0.25) is 15.9 Å². The number of benzene rings is 1. The summed E-state index contributed by atoms with van der Waals surface area (Å²) in [5.74, 6) is 0.151. The topological polar surface area (TPSA) is 108 Å². The Morgan fingerprint density at radius 3 is 2.73 bits per heavy atom. The molecule has 1 amide bonds. The third-order valence-corrected chi connectivity index (χ3v) is 4.62. The first-order chi connectivity index (χ1) is 10.3. The molecule has 22 heavy (non-hydrogen) atoms. The Bertz CT molecular complexity index is 724. The van der Waals surface area contributed by atoms with Crippen molar-refractivity contribution in [2.24, 2.45) is 5.14 Å². The number of nitrogens with two attached hydrogens (primary N) is 1. The molecule has 1 aliphatic heterocycles. The van der Waals surface area contributed by atoms with E-state index in [0.29, 0.717) is 25.2 Å². The summed E-state index contributed by atoms with van der Waals surface area (Å²) in [5.41, 5.74) is 0.850. The number of nitriles is 1. The summed E-state index contributed by atoms with van der Waals surface area (Å²) in [7, 11) is -2.03. The van der Waals surface area contributed by atoms with E-state index in [2.05, 4.69) is 0 Å². The van der Waals surface area contributed by atoms with Crippen molar-refractivity contribution in [2.45, 2.75) is 17.7 Å². The van der Waals surface area contributed by atoms with E-state index < -0.39 is 10.0 Å². The number of carbonyl (C=O) groups is 1. The maximum atomic E-state index is 11.6. The van der Waals surface area contributed by atoms with Crippen LogP contribution >= 0.6 is 0 Å². The van der Waals surface area contributed by atoms with Crippen LogP contribution in [0, 0.1) is 11.3 Å². The Kier molecular flexibility index (Phi) is 4.68. The number of hydrogen-bond acceptors (Lipinski definition) is 5. The third kappa shape index (κ3) is 3.55. The van der Waals surface area contributed by atoms with Crippen molar-refractivity contribution in [1.82, 2.24) is 4.90 Å². The minimum Gasteiger partial charge on any atom is -0.372 e. The summed E-state index contributed by atoms with van der Waals surface area (Å²) < 4.78 is 22.7. The fraction of sp³-hybridized carbons (Fsp3) is 0.429. The molecule has 1 heterocycles. The van der Waals surface area contributed by atoms with Crippen molar-refractivity contribution in [3.8, 4) is 6.07 Å². The fourth-order valence-electron chi connectivity index (χ4n) is 2.45. The summed E-state index contributed by atoms with van der Waals surface area (Å²) in [6.45, 7) is 1.91. The molecule has 2 rings (SSSR count). The number of likely N-dealkylation sites (N-methyl/N-ethyl adjacent to an activating group) is 1. The van der Waals surface area contributed by atoms with Gasteiger partial charge in [0.15, 0.2) is 0 Å². The van der Waals surface area contributed by atoms with Gasteiger partial charge in [-0.05, 0) is 24.6 Å². The molecule has 8 heteroatoms. The van der Waals surface area contributed by atoms with Gasteiger partial charge in [-0.15, -0.1) is 0 Å². The molecule has 1 aromatic carbocycles. The number of sulfonamides is 1. The van der Waals surface area contributed by atoms with E-state index >= 15 is 0 Å². The number of nitrogens with zero attached hydrogens (tertiary/aromatic N) is 3. The number of carbonyl (C=O) groups excluding carboxylic acids is 1. The molecule has 1 aromatic rings. The first kappa shape index (κ1) is 16.3. The van der Waals surface area contributed by atoms with E-state index in [1.54, 1.807) is 18.0 Å². The van der Waals surface area contributed by atoms with Crippen molar-refractivity contribution in [1.29, 1.82) is 5.26 Å². The molecule has 1 fully saturated rings. The zero-order valence-electron chi connectivity index (χ0n) is 12.3. The van der Waals surface area contributed by atoms with Crippen LogP contribution in [0.2, 0.25) is 0 Å². The average Bonchev–Trinajstić information content (AvgIpc) is 2.88. The number of primary sulfonamides is 1. The molecular formula is C14H18N4O3S. The van der Waals surface area contributed by atoms with Crippen molar-refractivity contribution in [2.75, 3.05) is 31.6 Å². The van der Waals surface area contributed by atoms with Crippen molar-refractivity contribution >= 4 is 21.6 Å². The highest BCUT2D eigenvalue weighted by atomic mass is 32.2. The molecule has 118 valence electrons. The minimum absolute atomic E-state index is 0.0871. The Balaban J connectivity index is 2.14. The van der Waals surface area contributed by atoms with E-state index in [9.17, 15) is 18.5 Å². The van der Waals surface area contributed by atoms with Crippen LogP contribution in [-0.4, -0.2) is 45.9 Å². The van der Waals surface area contributed by atoms with Gasteiger partial charge in [-0.2, -0.15) is 5.26 Å². The fourth-order valence-corrected chi connectivity index (χ4v) is 2.99. The maximum absolute atomic E-state index is 11.6. The first-order valence-electron chi connectivity index (χ1n) is 6.89. The van der Waals surface area contributed by atoms with Gasteiger partial charge >= 0.3 is 0 Å². The monoisotopic (exact) mass is 322 g/mol. The quantitative estimate of drug-likeness (QED) is 0.837. The second-order valence-corrected chi connectivity index (χ2v) is 6.80. The molecule has 7 nitrogen and oxygen atoms in total. The Morgan fingerprint density at radius 1 is 1.45 bits per heavy atom. The first-order valence-corrected chi connectivity index (χ1v) is 8.43. The van der Waals surface area contributed by atoms with Crippen LogP contribution < -0.4 is 10.0 Å². The van der Waals surface area contributed by atoms with Crippen LogP contribution in [0.4, 0.5) is 5.69 Å². The molecule has 0 radical (unpaired) electrons. The van der Waals surface area contributed by atoms with Gasteiger partial charge in [0.1, 0.15) is 6.07 Å². The highest BCUT2D eigenvalue weighted by Crippen LogP contribution is 2.22. The molecule has 0 aliphatic carbocycles. The van der Waals surface area contributed by atoms with Crippen LogP contribution in [-0.2, 0) is 14.8 Å². The molecule has 0 atom stereocenters. The SMILES string of the molecule is CN(CCN1CCCC1=O)c1ccc(S(N)(=O)=O)cc1C#N. The second-order valence-electron chi connectivity index (χ2n) is 5.24. The Morgan fingerprint density at radius 2 is 2.18 bits per heavy atom. The molecular weight excluding hydrogens is 304 g/mol. The third-order valence-electron chi connectivity index (χ3n) is 3.70. The van der Waals surface area contributed by atoms with Gasteiger partial charge in [0.25, 0.3) is 0 Å². The predicted molar refractivity (Wildman–Crippen MR) is 81.6 cm³/mol. The number of rotatable bonds is 5. The smallest absolute Gasteiger partial charge is 0.238 e. The van der Waals surface area contributed by atoms with Crippen molar-refractivity contribution < 1.29 is 13.2 Å². The van der Waals surface area contributed by atoms with Crippen LogP contribution in [0.15, 0.2) is 23.1 Å². The number of anilines is 1.